The standard InChI is InChI=1S/C18H28N2/c1-2-15-3-5-16(6-4-15)17-7-9-18(10-8-17)20-13-11-19-12-14-20/h3-6,17-19H,2,7-14H2,1H3. The predicted molar refractivity (Wildman–Crippen MR) is 85.3 cm³/mol. The Bertz CT molecular complexity index is 398. The average Bonchev–Trinajstić information content (AvgIpc) is 2.56. The lowest BCUT2D eigenvalue weighted by Crippen LogP contribution is -2.49. The van der Waals surface area contributed by atoms with E-state index in [2.05, 4.69) is 41.4 Å². The Morgan fingerprint density at radius 3 is 2.25 bits per heavy atom. The van der Waals surface area contributed by atoms with E-state index in [0.29, 0.717) is 0 Å². The van der Waals surface area contributed by atoms with Crippen LogP contribution in [-0.4, -0.2) is 37.1 Å². The van der Waals surface area contributed by atoms with Gasteiger partial charge in [0, 0.05) is 32.2 Å². The summed E-state index contributed by atoms with van der Waals surface area (Å²) in [5.41, 5.74) is 3.03. The fourth-order valence-electron chi connectivity index (χ4n) is 3.85. The molecule has 1 aromatic carbocycles. The van der Waals surface area contributed by atoms with E-state index in [1.807, 2.05) is 0 Å². The smallest absolute Gasteiger partial charge is 0.0110 e. The van der Waals surface area contributed by atoms with Crippen LogP contribution in [0.3, 0.4) is 0 Å². The summed E-state index contributed by atoms with van der Waals surface area (Å²) in [5.74, 6) is 0.806. The van der Waals surface area contributed by atoms with Crippen LogP contribution < -0.4 is 5.32 Å². The van der Waals surface area contributed by atoms with E-state index >= 15 is 0 Å². The Balaban J connectivity index is 1.54. The van der Waals surface area contributed by atoms with Gasteiger partial charge in [0.1, 0.15) is 0 Å². The molecule has 0 unspecified atom stereocenters. The van der Waals surface area contributed by atoms with Crippen molar-refractivity contribution < 1.29 is 0 Å². The summed E-state index contributed by atoms with van der Waals surface area (Å²) >= 11 is 0. The van der Waals surface area contributed by atoms with Crippen LogP contribution in [0, 0.1) is 0 Å². The van der Waals surface area contributed by atoms with Gasteiger partial charge in [0.15, 0.2) is 0 Å². The Hall–Kier alpha value is -0.860. The zero-order valence-corrected chi connectivity index (χ0v) is 12.8. The van der Waals surface area contributed by atoms with Gasteiger partial charge in [-0.05, 0) is 49.1 Å². The van der Waals surface area contributed by atoms with Crippen LogP contribution in [0.1, 0.15) is 49.7 Å². The van der Waals surface area contributed by atoms with Crippen LogP contribution in [0.2, 0.25) is 0 Å². The monoisotopic (exact) mass is 272 g/mol. The van der Waals surface area contributed by atoms with Crippen LogP contribution in [0.25, 0.3) is 0 Å². The largest absolute Gasteiger partial charge is 0.314 e. The van der Waals surface area contributed by atoms with Gasteiger partial charge in [0.05, 0.1) is 0 Å². The molecule has 2 heteroatoms. The average molecular weight is 272 g/mol. The summed E-state index contributed by atoms with van der Waals surface area (Å²) in [6.45, 7) is 7.09. The molecule has 1 heterocycles. The highest BCUT2D eigenvalue weighted by molar-refractivity contribution is 5.25. The van der Waals surface area contributed by atoms with E-state index in [4.69, 9.17) is 0 Å². The maximum atomic E-state index is 3.46. The minimum atomic E-state index is 0.806. The first-order valence-electron chi connectivity index (χ1n) is 8.40. The number of hydrogen-bond donors (Lipinski definition) is 1. The van der Waals surface area contributed by atoms with E-state index in [1.54, 1.807) is 5.56 Å². The van der Waals surface area contributed by atoms with Crippen molar-refractivity contribution >= 4 is 0 Å². The van der Waals surface area contributed by atoms with Crippen molar-refractivity contribution in [1.82, 2.24) is 10.2 Å². The molecule has 20 heavy (non-hydrogen) atoms. The van der Waals surface area contributed by atoms with Gasteiger partial charge >= 0.3 is 0 Å². The SMILES string of the molecule is CCc1ccc(C2CCC(N3CCNCC3)CC2)cc1. The number of piperazine rings is 1. The Kier molecular flexibility index (Phi) is 4.74. The summed E-state index contributed by atoms with van der Waals surface area (Å²) < 4.78 is 0. The Morgan fingerprint density at radius 1 is 1.00 bits per heavy atom. The molecule has 110 valence electrons. The quantitative estimate of drug-likeness (QED) is 0.909. The van der Waals surface area contributed by atoms with Gasteiger partial charge in [-0.3, -0.25) is 4.90 Å². The van der Waals surface area contributed by atoms with Gasteiger partial charge in [-0.1, -0.05) is 31.2 Å². The number of aryl methyl sites for hydroxylation is 1. The third kappa shape index (κ3) is 3.24. The van der Waals surface area contributed by atoms with Crippen LogP contribution in [0.4, 0.5) is 0 Å². The summed E-state index contributed by atoms with van der Waals surface area (Å²) in [5, 5.41) is 3.46. The second-order valence-corrected chi connectivity index (χ2v) is 6.39. The van der Waals surface area contributed by atoms with Crippen LogP contribution in [-0.2, 0) is 6.42 Å². The van der Waals surface area contributed by atoms with E-state index in [-0.39, 0.29) is 0 Å². The van der Waals surface area contributed by atoms with Gasteiger partial charge in [-0.15, -0.1) is 0 Å². The molecule has 2 fully saturated rings. The normalized spacial score (nSPS) is 28.4. The summed E-state index contributed by atoms with van der Waals surface area (Å²) in [4.78, 5) is 2.72. The van der Waals surface area contributed by atoms with E-state index < -0.39 is 0 Å². The van der Waals surface area contributed by atoms with Gasteiger partial charge < -0.3 is 5.32 Å². The highest BCUT2D eigenvalue weighted by Gasteiger charge is 2.27. The number of hydrogen-bond acceptors (Lipinski definition) is 2. The summed E-state index contributed by atoms with van der Waals surface area (Å²) in [6.07, 6.45) is 6.68. The van der Waals surface area contributed by atoms with Crippen molar-refractivity contribution in [3.05, 3.63) is 35.4 Å². The molecule has 0 radical (unpaired) electrons. The van der Waals surface area contributed by atoms with E-state index in [0.717, 1.165) is 18.4 Å². The fourth-order valence-corrected chi connectivity index (χ4v) is 3.85. The molecule has 3 rings (SSSR count). The second kappa shape index (κ2) is 6.73. The van der Waals surface area contributed by atoms with Crippen molar-refractivity contribution in [2.75, 3.05) is 26.2 Å². The fraction of sp³-hybridized carbons (Fsp3) is 0.667. The van der Waals surface area contributed by atoms with Gasteiger partial charge in [0.25, 0.3) is 0 Å². The topological polar surface area (TPSA) is 15.3 Å². The van der Waals surface area contributed by atoms with Crippen LogP contribution >= 0.6 is 0 Å². The highest BCUT2D eigenvalue weighted by atomic mass is 15.2. The van der Waals surface area contributed by atoms with Crippen LogP contribution in [0.5, 0.6) is 0 Å². The summed E-state index contributed by atoms with van der Waals surface area (Å²) in [6, 6.07) is 10.2. The third-order valence-electron chi connectivity index (χ3n) is 5.22. The third-order valence-corrected chi connectivity index (χ3v) is 5.22. The number of nitrogens with one attached hydrogen (secondary N) is 1. The number of rotatable bonds is 3. The molecular weight excluding hydrogens is 244 g/mol. The molecule has 1 aliphatic heterocycles. The van der Waals surface area contributed by atoms with Crippen molar-refractivity contribution in [3.63, 3.8) is 0 Å². The Labute approximate surface area is 123 Å². The first kappa shape index (κ1) is 14.1. The molecular formula is C18H28N2. The van der Waals surface area contributed by atoms with Crippen molar-refractivity contribution in [3.8, 4) is 0 Å². The Morgan fingerprint density at radius 2 is 1.65 bits per heavy atom. The predicted octanol–water partition coefficient (Wildman–Crippen LogP) is 3.18. The van der Waals surface area contributed by atoms with Crippen LogP contribution in [0.15, 0.2) is 24.3 Å². The molecule has 0 atom stereocenters. The van der Waals surface area contributed by atoms with E-state index in [1.165, 1.54) is 57.4 Å². The lowest BCUT2D eigenvalue weighted by Gasteiger charge is -2.39. The minimum absolute atomic E-state index is 0.806. The summed E-state index contributed by atoms with van der Waals surface area (Å²) in [7, 11) is 0. The maximum absolute atomic E-state index is 3.46. The van der Waals surface area contributed by atoms with Crippen molar-refractivity contribution in [1.29, 1.82) is 0 Å². The van der Waals surface area contributed by atoms with Crippen molar-refractivity contribution in [2.45, 2.75) is 51.0 Å². The van der Waals surface area contributed by atoms with Gasteiger partial charge in [-0.2, -0.15) is 0 Å². The molecule has 1 aromatic rings. The molecule has 1 saturated heterocycles. The lowest BCUT2D eigenvalue weighted by molar-refractivity contribution is 0.133. The lowest BCUT2D eigenvalue weighted by atomic mass is 9.81. The minimum Gasteiger partial charge on any atom is -0.314 e. The molecule has 2 aliphatic rings. The zero-order chi connectivity index (χ0) is 13.8. The number of benzene rings is 1. The molecule has 0 aromatic heterocycles. The molecule has 0 spiro atoms. The molecule has 2 nitrogen and oxygen atoms in total. The molecule has 1 saturated carbocycles. The van der Waals surface area contributed by atoms with Gasteiger partial charge in [-0.25, -0.2) is 0 Å². The first-order chi connectivity index (χ1) is 9.86. The molecule has 1 aliphatic carbocycles. The second-order valence-electron chi connectivity index (χ2n) is 6.39. The van der Waals surface area contributed by atoms with E-state index in [9.17, 15) is 0 Å². The molecule has 0 amide bonds. The van der Waals surface area contributed by atoms with Gasteiger partial charge in [0.2, 0.25) is 0 Å². The maximum Gasteiger partial charge on any atom is 0.0110 e. The molecule has 0 bridgehead atoms. The number of nitrogens with zero attached hydrogens (tertiary/aromatic N) is 1. The zero-order valence-electron chi connectivity index (χ0n) is 12.8. The van der Waals surface area contributed by atoms with Crippen molar-refractivity contribution in [2.24, 2.45) is 0 Å². The first-order valence-corrected chi connectivity index (χ1v) is 8.40. The molecule has 1 N–H and O–H groups in total. The highest BCUT2D eigenvalue weighted by Crippen LogP contribution is 2.34.